The number of urea groups is 1. The highest BCUT2D eigenvalue weighted by Crippen LogP contribution is 2.17. The van der Waals surface area contributed by atoms with Crippen molar-refractivity contribution in [1.82, 2.24) is 16.0 Å². The summed E-state index contributed by atoms with van der Waals surface area (Å²) >= 11 is 0. The maximum absolute atomic E-state index is 13.3. The van der Waals surface area contributed by atoms with Crippen LogP contribution in [0.25, 0.3) is 10.4 Å². The van der Waals surface area contributed by atoms with E-state index in [1.807, 2.05) is 0 Å². The van der Waals surface area contributed by atoms with E-state index in [-0.39, 0.29) is 69.3 Å². The van der Waals surface area contributed by atoms with E-state index >= 15 is 0 Å². The Balaban J connectivity index is 2.35. The van der Waals surface area contributed by atoms with Crippen molar-refractivity contribution in [3.05, 3.63) is 40.3 Å². The summed E-state index contributed by atoms with van der Waals surface area (Å²) in [4.78, 5) is 63.9. The van der Waals surface area contributed by atoms with Crippen LogP contribution in [0.2, 0.25) is 0 Å². The largest absolute Gasteiger partial charge is 0.479 e. The van der Waals surface area contributed by atoms with Crippen LogP contribution in [0, 0.1) is 5.92 Å². The number of nitrogens with two attached hydrogens (primary N) is 1. The Bertz CT molecular complexity index is 1320. The Hall–Kier alpha value is -4.60. The summed E-state index contributed by atoms with van der Waals surface area (Å²) in [7, 11) is 0. The molecule has 21 nitrogen and oxygen atoms in total. The van der Waals surface area contributed by atoms with Crippen molar-refractivity contribution in [2.45, 2.75) is 51.3 Å². The highest BCUT2D eigenvalue weighted by molar-refractivity contribution is 5.98. The topological polar surface area (TPSA) is 304 Å². The van der Waals surface area contributed by atoms with E-state index in [0.29, 0.717) is 59.5 Å². The van der Waals surface area contributed by atoms with Crippen molar-refractivity contribution in [3.8, 4) is 0 Å². The first-order valence-corrected chi connectivity index (χ1v) is 17.9. The van der Waals surface area contributed by atoms with Crippen molar-refractivity contribution in [2.24, 2.45) is 16.8 Å². The number of carboxylic acids is 1. The summed E-state index contributed by atoms with van der Waals surface area (Å²) in [5, 5.41) is 32.5. The van der Waals surface area contributed by atoms with Gasteiger partial charge in [0.15, 0.2) is 6.10 Å². The first-order chi connectivity index (χ1) is 26.5. The zero-order valence-corrected chi connectivity index (χ0v) is 31.4. The van der Waals surface area contributed by atoms with Crippen molar-refractivity contribution in [1.29, 1.82) is 0 Å². The lowest BCUT2D eigenvalue weighted by Crippen LogP contribution is -2.54. The van der Waals surface area contributed by atoms with E-state index in [9.17, 15) is 29.1 Å². The van der Waals surface area contributed by atoms with Crippen LogP contribution >= 0.6 is 0 Å². The molecule has 8 N–H and O–H groups in total. The Morgan fingerprint density at radius 3 is 1.76 bits per heavy atom. The molecular weight excluding hydrogens is 728 g/mol. The number of carbonyl (C=O) groups excluding carboxylic acids is 4. The van der Waals surface area contributed by atoms with E-state index < -0.39 is 47.9 Å². The van der Waals surface area contributed by atoms with Crippen LogP contribution in [0.3, 0.4) is 0 Å². The third-order valence-corrected chi connectivity index (χ3v) is 7.33. The molecule has 21 heteroatoms. The molecule has 3 atom stereocenters. The second-order valence-electron chi connectivity index (χ2n) is 12.0. The van der Waals surface area contributed by atoms with Crippen LogP contribution in [-0.2, 0) is 47.6 Å². The Morgan fingerprint density at radius 1 is 0.782 bits per heavy atom. The van der Waals surface area contributed by atoms with Gasteiger partial charge in [-0.3, -0.25) is 14.4 Å². The molecule has 0 heterocycles. The fraction of sp³-hybridized carbons (Fsp3) is 0.676. The molecule has 1 aromatic carbocycles. The van der Waals surface area contributed by atoms with Crippen LogP contribution in [0.5, 0.6) is 0 Å². The van der Waals surface area contributed by atoms with E-state index in [4.69, 9.17) is 44.8 Å². The predicted molar refractivity (Wildman–Crippen MR) is 197 cm³/mol. The third kappa shape index (κ3) is 24.4. The molecular formula is C34H56N8O13. The van der Waals surface area contributed by atoms with Crippen LogP contribution in [-0.4, -0.2) is 144 Å². The molecule has 0 spiro atoms. The summed E-state index contributed by atoms with van der Waals surface area (Å²) in [5.74, 6) is -3.39. The van der Waals surface area contributed by atoms with Gasteiger partial charge in [0, 0.05) is 30.1 Å². The van der Waals surface area contributed by atoms with Crippen LogP contribution < -0.4 is 27.0 Å². The molecule has 0 radical (unpaired) electrons. The number of aliphatic hydroxyl groups is 1. The monoisotopic (exact) mass is 784 g/mol. The van der Waals surface area contributed by atoms with Crippen LogP contribution in [0.4, 0.5) is 10.5 Å². The van der Waals surface area contributed by atoms with E-state index in [2.05, 4.69) is 31.3 Å². The molecule has 0 saturated carbocycles. The summed E-state index contributed by atoms with van der Waals surface area (Å²) in [6, 6.07) is 2.72. The van der Waals surface area contributed by atoms with E-state index in [1.165, 1.54) is 24.3 Å². The highest BCUT2D eigenvalue weighted by Gasteiger charge is 2.29. The zero-order valence-electron chi connectivity index (χ0n) is 31.4. The van der Waals surface area contributed by atoms with Crippen LogP contribution in [0.15, 0.2) is 29.4 Å². The number of aliphatic carboxylic acids is 1. The minimum Gasteiger partial charge on any atom is -0.479 e. The number of primary amides is 1. The summed E-state index contributed by atoms with van der Waals surface area (Å²) in [5.41, 5.74) is 13.7. The second-order valence-corrected chi connectivity index (χ2v) is 12.0. The second kappa shape index (κ2) is 30.7. The molecule has 0 saturated heterocycles. The number of amides is 5. The Morgan fingerprint density at radius 2 is 1.29 bits per heavy atom. The van der Waals surface area contributed by atoms with Crippen molar-refractivity contribution in [2.75, 3.05) is 97.7 Å². The van der Waals surface area contributed by atoms with Gasteiger partial charge in [0.1, 0.15) is 12.1 Å². The molecule has 1 rings (SSSR count). The average molecular weight is 785 g/mol. The van der Waals surface area contributed by atoms with Gasteiger partial charge in [0.2, 0.25) is 17.7 Å². The zero-order chi connectivity index (χ0) is 40.7. The highest BCUT2D eigenvalue weighted by atomic mass is 16.6. The molecule has 55 heavy (non-hydrogen) atoms. The van der Waals surface area contributed by atoms with Gasteiger partial charge in [-0.1, -0.05) is 31.1 Å². The van der Waals surface area contributed by atoms with Gasteiger partial charge in [0.25, 0.3) is 0 Å². The van der Waals surface area contributed by atoms with Gasteiger partial charge in [-0.25, -0.2) is 9.59 Å². The molecule has 0 aliphatic rings. The maximum atomic E-state index is 13.3. The fourth-order valence-corrected chi connectivity index (χ4v) is 4.47. The number of benzene rings is 1. The van der Waals surface area contributed by atoms with Gasteiger partial charge in [-0.15, -0.1) is 0 Å². The number of carboxylic acid groups (broad SMARTS) is 1. The third-order valence-electron chi connectivity index (χ3n) is 7.33. The van der Waals surface area contributed by atoms with Gasteiger partial charge >= 0.3 is 12.0 Å². The summed E-state index contributed by atoms with van der Waals surface area (Å²) < 4.78 is 32.3. The average Bonchev–Trinajstić information content (AvgIpc) is 3.15. The molecule has 0 fully saturated rings. The quantitative estimate of drug-likeness (QED) is 0.0223. The number of nitrogens with one attached hydrogen (secondary N) is 4. The standard InChI is InChI=1S/C34H56N8O13/c1-24(2)29(32(46)40-27(4-3-10-37-34(35)49)31(45)39-26-7-5-25(6-8-26)30(44)33(47)48)41-28(43)9-12-50-14-16-52-18-20-54-22-23-55-21-19-53-17-15-51-13-11-38-42-36/h5-8,24,27,29-30,44H,3-4,9-23H2,1-2H3,(H,39,45)(H,40,46)(H,41,43)(H,47,48)(H3,35,37,49). The van der Waals surface area contributed by atoms with Gasteiger partial charge in [0.05, 0.1) is 79.3 Å². The molecule has 0 aromatic heterocycles. The van der Waals surface area contributed by atoms with Gasteiger partial charge < -0.3 is 65.6 Å². The summed E-state index contributed by atoms with van der Waals surface area (Å²) in [6.07, 6.45) is -1.35. The minimum absolute atomic E-state index is 0.0213. The van der Waals surface area contributed by atoms with Crippen molar-refractivity contribution < 1.29 is 62.6 Å². The van der Waals surface area contributed by atoms with E-state index in [1.54, 1.807) is 13.8 Å². The number of aliphatic hydroxyl groups excluding tert-OH is 1. The number of anilines is 1. The smallest absolute Gasteiger partial charge is 0.337 e. The van der Waals surface area contributed by atoms with Crippen LogP contribution in [0.1, 0.15) is 44.8 Å². The Labute approximate surface area is 319 Å². The number of rotatable bonds is 33. The molecule has 0 aliphatic carbocycles. The number of azide groups is 1. The molecule has 5 amide bonds. The SMILES string of the molecule is CC(C)C(NC(=O)CCOCCOCCOCCOCCOCCOCCN=[N+]=[N-])C(=O)NC(CCCNC(N)=O)C(=O)Nc1ccc(C(O)C(=O)O)cc1. The molecule has 0 bridgehead atoms. The lowest BCUT2D eigenvalue weighted by atomic mass is 10.0. The number of carbonyl (C=O) groups is 5. The molecule has 0 aliphatic heterocycles. The number of ether oxygens (including phenoxy) is 6. The van der Waals surface area contributed by atoms with Crippen molar-refractivity contribution >= 4 is 35.4 Å². The number of hydrogen-bond donors (Lipinski definition) is 7. The maximum Gasteiger partial charge on any atom is 0.337 e. The normalized spacial score (nSPS) is 12.6. The lowest BCUT2D eigenvalue weighted by Gasteiger charge is -2.25. The Kier molecular flexibility index (Phi) is 27.0. The van der Waals surface area contributed by atoms with E-state index in [0.717, 1.165) is 0 Å². The fourth-order valence-electron chi connectivity index (χ4n) is 4.47. The predicted octanol–water partition coefficient (Wildman–Crippen LogP) is 0.617. The number of nitrogens with zero attached hydrogens (tertiary/aromatic N) is 3. The first kappa shape index (κ1) is 48.4. The first-order valence-electron chi connectivity index (χ1n) is 17.9. The van der Waals surface area contributed by atoms with Gasteiger partial charge in [-0.2, -0.15) is 0 Å². The number of hydrogen-bond acceptors (Lipinski definition) is 13. The molecule has 310 valence electrons. The lowest BCUT2D eigenvalue weighted by molar-refractivity contribution is -0.147. The molecule has 3 unspecified atom stereocenters. The van der Waals surface area contributed by atoms with Gasteiger partial charge in [-0.05, 0) is 42.0 Å². The minimum atomic E-state index is -1.73. The van der Waals surface area contributed by atoms with Crippen molar-refractivity contribution in [3.63, 3.8) is 0 Å². The summed E-state index contributed by atoms with van der Waals surface area (Å²) in [6.45, 7) is 8.07. The molecule has 1 aromatic rings.